The molecule has 0 heterocycles. The van der Waals surface area contributed by atoms with Gasteiger partial charge < -0.3 is 20.8 Å². The van der Waals surface area contributed by atoms with Gasteiger partial charge in [0.2, 0.25) is 0 Å². The summed E-state index contributed by atoms with van der Waals surface area (Å²) in [6, 6.07) is 0. The third-order valence-electron chi connectivity index (χ3n) is 0.653. The molecule has 7 heteroatoms. The minimum absolute atomic E-state index is 0. The van der Waals surface area contributed by atoms with Crippen molar-refractivity contribution in [3.63, 3.8) is 0 Å². The van der Waals surface area contributed by atoms with Crippen LogP contribution >= 0.6 is 0 Å². The molecule has 5 N–H and O–H groups in total. The topological polar surface area (TPSA) is 126 Å². The van der Waals surface area contributed by atoms with Gasteiger partial charge >= 0.3 is 63.3 Å². The zero-order valence-corrected chi connectivity index (χ0v) is 4.94. The molecule has 0 spiro atoms. The van der Waals surface area contributed by atoms with Gasteiger partial charge in [0.25, 0.3) is 0 Å². The van der Waals surface area contributed by atoms with E-state index in [0.717, 1.165) is 0 Å². The second-order valence-electron chi connectivity index (χ2n) is 1.45. The van der Waals surface area contributed by atoms with Crippen LogP contribution in [0.1, 0.15) is 6.42 Å². The van der Waals surface area contributed by atoms with Gasteiger partial charge in [-0.3, -0.25) is 4.79 Å². The van der Waals surface area contributed by atoms with Crippen LogP contribution < -0.4 is 0 Å². The number of carboxylic acids is 2. The number of carboxylic acid groups (broad SMARTS) is 2. The van der Waals surface area contributed by atoms with E-state index in [-0.39, 0.29) is 56.9 Å². The first-order valence-corrected chi connectivity index (χ1v) is 2.16. The van der Waals surface area contributed by atoms with E-state index in [9.17, 15) is 9.59 Å². The summed E-state index contributed by atoms with van der Waals surface area (Å²) in [4.78, 5) is 19.4. The molecule has 0 aromatic carbocycles. The zero-order valence-electron chi connectivity index (χ0n) is 4.94. The van der Waals surface area contributed by atoms with Crippen molar-refractivity contribution in [2.45, 2.75) is 12.5 Å². The van der Waals surface area contributed by atoms with E-state index >= 15 is 0 Å². The first kappa shape index (κ1) is 17.5. The molecule has 0 radical (unpaired) electrons. The zero-order chi connectivity index (χ0) is 7.44. The molecule has 0 aromatic rings. The van der Waals surface area contributed by atoms with Crippen LogP contribution in [0.2, 0.25) is 0 Å². The van der Waals surface area contributed by atoms with Gasteiger partial charge in [-0.2, -0.15) is 0 Å². The Labute approximate surface area is 105 Å². The molecule has 0 aliphatic rings. The van der Waals surface area contributed by atoms with Crippen molar-refractivity contribution in [2.75, 3.05) is 0 Å². The van der Waals surface area contributed by atoms with Crippen molar-refractivity contribution >= 4 is 63.3 Å². The molecule has 1 unspecified atom stereocenters. The number of hydrogen-bond donors (Lipinski definition) is 3. The van der Waals surface area contributed by atoms with Crippen LogP contribution in [0.3, 0.4) is 0 Å². The summed E-state index contributed by atoms with van der Waals surface area (Å²) < 4.78 is 0. The first-order valence-electron chi connectivity index (χ1n) is 2.16. The summed E-state index contributed by atoms with van der Waals surface area (Å²) in [7, 11) is 0. The summed E-state index contributed by atoms with van der Waals surface area (Å²) in [6.45, 7) is 0. The molecule has 0 saturated heterocycles. The standard InChI is InChI=1S/C4H6O5.K.H2O.H/c5-2(4(8)9)1-3(6)7;;;/h2,5H,1H2,(H,6,7)(H,8,9);;1H2;. The van der Waals surface area contributed by atoms with Crippen LogP contribution in [0, 0.1) is 0 Å². The summed E-state index contributed by atoms with van der Waals surface area (Å²) in [6.07, 6.45) is -2.54. The van der Waals surface area contributed by atoms with E-state index in [1.807, 2.05) is 0 Å². The van der Waals surface area contributed by atoms with Crippen LogP contribution in [0.25, 0.3) is 0 Å². The molecule has 0 fully saturated rings. The Morgan fingerprint density at radius 2 is 1.64 bits per heavy atom. The third kappa shape index (κ3) is 10.5. The van der Waals surface area contributed by atoms with Crippen LogP contribution in [-0.4, -0.2) is 90.2 Å². The normalized spacial score (nSPS) is 10.3. The van der Waals surface area contributed by atoms with Gasteiger partial charge in [0.1, 0.15) is 0 Å². The SMILES string of the molecule is O.O=C(O)CC(O)C(=O)O.[KH]. The molecule has 11 heavy (non-hydrogen) atoms. The molecule has 6 nitrogen and oxygen atoms in total. The van der Waals surface area contributed by atoms with E-state index in [1.54, 1.807) is 0 Å². The number of aliphatic hydroxyl groups excluding tert-OH is 1. The van der Waals surface area contributed by atoms with Crippen LogP contribution in [0.5, 0.6) is 0 Å². The molecule has 0 aromatic heterocycles. The maximum atomic E-state index is 9.72. The van der Waals surface area contributed by atoms with Gasteiger partial charge in [0, 0.05) is 0 Å². The Balaban J connectivity index is -0.000000320. The number of carbonyl (C=O) groups is 2. The summed E-state index contributed by atoms with van der Waals surface area (Å²) >= 11 is 0. The molecule has 62 valence electrons. The summed E-state index contributed by atoms with van der Waals surface area (Å²) in [5.74, 6) is -2.85. The van der Waals surface area contributed by atoms with Gasteiger partial charge in [0.05, 0.1) is 6.42 Å². The number of aliphatic carboxylic acids is 2. The average Bonchev–Trinajstić information content (AvgIpc) is 1.63. The van der Waals surface area contributed by atoms with Crippen LogP contribution in [0.15, 0.2) is 0 Å². The van der Waals surface area contributed by atoms with Gasteiger partial charge in [-0.25, -0.2) is 4.79 Å². The third-order valence-corrected chi connectivity index (χ3v) is 0.653. The molecule has 0 aliphatic carbocycles. The van der Waals surface area contributed by atoms with Crippen LogP contribution in [0.4, 0.5) is 0 Å². The fraction of sp³-hybridized carbons (Fsp3) is 0.500. The molecule has 0 rings (SSSR count). The van der Waals surface area contributed by atoms with E-state index in [2.05, 4.69) is 0 Å². The van der Waals surface area contributed by atoms with E-state index in [1.165, 1.54) is 0 Å². The number of aliphatic hydroxyl groups is 1. The predicted molar refractivity (Wildman–Crippen MR) is 36.7 cm³/mol. The predicted octanol–water partition coefficient (Wildman–Crippen LogP) is -2.57. The summed E-state index contributed by atoms with van der Waals surface area (Å²) in [5, 5.41) is 24.1. The van der Waals surface area contributed by atoms with Gasteiger partial charge in [-0.05, 0) is 0 Å². The molecular weight excluding hydrogens is 183 g/mol. The quantitative estimate of drug-likeness (QED) is 0.424. The molecule has 1 atom stereocenters. The Bertz CT molecular complexity index is 135. The molecule has 0 bridgehead atoms. The van der Waals surface area contributed by atoms with Gasteiger partial charge in [-0.15, -0.1) is 0 Å². The molecule has 0 amide bonds. The van der Waals surface area contributed by atoms with Gasteiger partial charge in [-0.1, -0.05) is 0 Å². The molecular formula is C4H9KO6. The van der Waals surface area contributed by atoms with E-state index in [4.69, 9.17) is 15.3 Å². The first-order chi connectivity index (χ1) is 4.04. The fourth-order valence-electron chi connectivity index (χ4n) is 0.253. The van der Waals surface area contributed by atoms with E-state index < -0.39 is 24.5 Å². The molecule has 0 aliphatic heterocycles. The maximum absolute atomic E-state index is 9.72. The summed E-state index contributed by atoms with van der Waals surface area (Å²) in [5.41, 5.74) is 0. The minimum atomic E-state index is -1.79. The van der Waals surface area contributed by atoms with Crippen molar-refractivity contribution in [3.8, 4) is 0 Å². The Kier molecular flexibility index (Phi) is 13.7. The van der Waals surface area contributed by atoms with Gasteiger partial charge in [0.15, 0.2) is 6.10 Å². The number of hydrogen-bond acceptors (Lipinski definition) is 3. The Morgan fingerprint density at radius 1 is 1.27 bits per heavy atom. The van der Waals surface area contributed by atoms with Crippen molar-refractivity contribution < 1.29 is 30.4 Å². The average molecular weight is 192 g/mol. The number of rotatable bonds is 3. The van der Waals surface area contributed by atoms with Crippen LogP contribution in [-0.2, 0) is 9.59 Å². The second kappa shape index (κ2) is 8.59. The van der Waals surface area contributed by atoms with Crippen molar-refractivity contribution in [2.24, 2.45) is 0 Å². The fourth-order valence-corrected chi connectivity index (χ4v) is 0.253. The monoisotopic (exact) mass is 192 g/mol. The van der Waals surface area contributed by atoms with Crippen molar-refractivity contribution in [1.29, 1.82) is 0 Å². The second-order valence-corrected chi connectivity index (χ2v) is 1.45. The Morgan fingerprint density at radius 3 is 1.73 bits per heavy atom. The molecule has 0 saturated carbocycles. The van der Waals surface area contributed by atoms with Crippen molar-refractivity contribution in [3.05, 3.63) is 0 Å². The Hall–Kier alpha value is 0.496. The van der Waals surface area contributed by atoms with E-state index in [0.29, 0.717) is 0 Å². The van der Waals surface area contributed by atoms with Crippen molar-refractivity contribution in [1.82, 2.24) is 0 Å².